The predicted molar refractivity (Wildman–Crippen MR) is 106 cm³/mol. The fourth-order valence-corrected chi connectivity index (χ4v) is 3.03. The summed E-state index contributed by atoms with van der Waals surface area (Å²) in [5.74, 6) is 0.501. The summed E-state index contributed by atoms with van der Waals surface area (Å²) in [6, 6.07) is 17.9. The minimum absolute atomic E-state index is 0.200. The van der Waals surface area contributed by atoms with E-state index < -0.39 is 0 Å². The Morgan fingerprint density at radius 3 is 2.45 bits per heavy atom. The van der Waals surface area contributed by atoms with Crippen molar-refractivity contribution in [1.29, 1.82) is 0 Å². The summed E-state index contributed by atoms with van der Waals surface area (Å²) in [5.41, 5.74) is 1.86. The van der Waals surface area contributed by atoms with Gasteiger partial charge in [-0.05, 0) is 54.1 Å². The van der Waals surface area contributed by atoms with Gasteiger partial charge in [0.2, 0.25) is 5.76 Å². The van der Waals surface area contributed by atoms with Gasteiger partial charge in [-0.3, -0.25) is 4.79 Å². The highest BCUT2D eigenvalue weighted by Gasteiger charge is 2.19. The molecule has 0 aliphatic heterocycles. The highest BCUT2D eigenvalue weighted by molar-refractivity contribution is 6.30. The van der Waals surface area contributed by atoms with E-state index in [2.05, 4.69) is 5.16 Å². The lowest BCUT2D eigenvalue weighted by atomic mass is 10.1. The van der Waals surface area contributed by atoms with Gasteiger partial charge in [-0.1, -0.05) is 28.9 Å². The van der Waals surface area contributed by atoms with Crippen LogP contribution in [0.25, 0.3) is 11.5 Å². The topological polar surface area (TPSA) is 59.5 Å². The lowest BCUT2D eigenvalue weighted by molar-refractivity contribution is 0.0726. The summed E-state index contributed by atoms with van der Waals surface area (Å²) in [4.78, 5) is 14.7. The molecule has 29 heavy (non-hydrogen) atoms. The fraction of sp³-hybridized carbons (Fsp3) is 0.0909. The van der Waals surface area contributed by atoms with Crippen molar-refractivity contribution < 1.29 is 18.1 Å². The van der Waals surface area contributed by atoms with Crippen LogP contribution in [0.3, 0.4) is 0 Å². The maximum absolute atomic E-state index is 13.2. The van der Waals surface area contributed by atoms with Crippen LogP contribution in [-0.2, 0) is 13.1 Å². The normalized spacial score (nSPS) is 10.8. The number of furan rings is 1. The second kappa shape index (κ2) is 8.32. The lowest BCUT2D eigenvalue weighted by Crippen LogP contribution is -2.30. The van der Waals surface area contributed by atoms with Crippen molar-refractivity contribution >= 4 is 17.5 Å². The van der Waals surface area contributed by atoms with Crippen LogP contribution in [0.15, 0.2) is 81.9 Å². The van der Waals surface area contributed by atoms with Crippen molar-refractivity contribution in [1.82, 2.24) is 10.1 Å². The van der Waals surface area contributed by atoms with E-state index in [0.29, 0.717) is 27.8 Å². The van der Waals surface area contributed by atoms with Gasteiger partial charge in [-0.25, -0.2) is 4.39 Å². The first-order valence-corrected chi connectivity index (χ1v) is 9.25. The zero-order valence-electron chi connectivity index (χ0n) is 15.2. The molecular formula is C22H16ClFN2O3. The van der Waals surface area contributed by atoms with Crippen LogP contribution < -0.4 is 0 Å². The van der Waals surface area contributed by atoms with Crippen molar-refractivity contribution in [3.05, 3.63) is 101 Å². The molecule has 1 amide bonds. The molecule has 0 spiro atoms. The maximum Gasteiger partial charge on any atom is 0.254 e. The minimum Gasteiger partial charge on any atom is -0.461 e. The highest BCUT2D eigenvalue weighted by atomic mass is 35.5. The Morgan fingerprint density at radius 1 is 1.00 bits per heavy atom. The zero-order chi connectivity index (χ0) is 20.2. The average molecular weight is 411 g/mol. The van der Waals surface area contributed by atoms with Gasteiger partial charge in [-0.2, -0.15) is 0 Å². The monoisotopic (exact) mass is 410 g/mol. The largest absolute Gasteiger partial charge is 0.461 e. The standard InChI is InChI=1S/C22H16ClFN2O3/c23-17-7-5-16(6-8-17)22(27)26(13-15-3-9-18(24)10-4-15)14-19-12-21(29-25-19)20-2-1-11-28-20/h1-12H,13-14H2. The van der Waals surface area contributed by atoms with Crippen LogP contribution in [-0.4, -0.2) is 16.0 Å². The van der Waals surface area contributed by atoms with E-state index in [1.807, 2.05) is 0 Å². The van der Waals surface area contributed by atoms with Gasteiger partial charge >= 0.3 is 0 Å². The van der Waals surface area contributed by atoms with Crippen LogP contribution in [0.2, 0.25) is 5.02 Å². The molecule has 4 rings (SSSR count). The molecule has 0 radical (unpaired) electrons. The minimum atomic E-state index is -0.330. The summed E-state index contributed by atoms with van der Waals surface area (Å²) in [6.45, 7) is 0.494. The molecule has 0 saturated heterocycles. The summed E-state index contributed by atoms with van der Waals surface area (Å²) in [6.07, 6.45) is 1.54. The lowest BCUT2D eigenvalue weighted by Gasteiger charge is -2.22. The molecule has 0 atom stereocenters. The number of hydrogen-bond acceptors (Lipinski definition) is 4. The van der Waals surface area contributed by atoms with Gasteiger partial charge in [-0.15, -0.1) is 0 Å². The molecular weight excluding hydrogens is 395 g/mol. The van der Waals surface area contributed by atoms with Gasteiger partial charge in [0.15, 0.2) is 5.76 Å². The number of aromatic nitrogens is 1. The zero-order valence-corrected chi connectivity index (χ0v) is 16.0. The molecule has 2 aromatic carbocycles. The molecule has 2 aromatic heterocycles. The van der Waals surface area contributed by atoms with Crippen molar-refractivity contribution in [2.75, 3.05) is 0 Å². The molecule has 146 valence electrons. The molecule has 2 heterocycles. The predicted octanol–water partition coefficient (Wildman–Crippen LogP) is 5.57. The summed E-state index contributed by atoms with van der Waals surface area (Å²) in [7, 11) is 0. The Balaban J connectivity index is 1.59. The highest BCUT2D eigenvalue weighted by Crippen LogP contribution is 2.22. The maximum atomic E-state index is 13.2. The smallest absolute Gasteiger partial charge is 0.254 e. The molecule has 0 N–H and O–H groups in total. The van der Waals surface area contributed by atoms with Crippen molar-refractivity contribution in [2.45, 2.75) is 13.1 Å². The number of amides is 1. The molecule has 5 nitrogen and oxygen atoms in total. The Hall–Kier alpha value is -3.38. The third-order valence-corrected chi connectivity index (χ3v) is 4.59. The molecule has 7 heteroatoms. The Bertz CT molecular complexity index is 1090. The third-order valence-electron chi connectivity index (χ3n) is 4.34. The number of carbonyl (C=O) groups excluding carboxylic acids is 1. The number of halogens is 2. The van der Waals surface area contributed by atoms with E-state index in [4.69, 9.17) is 20.5 Å². The van der Waals surface area contributed by atoms with E-state index in [0.717, 1.165) is 5.56 Å². The van der Waals surface area contributed by atoms with E-state index in [1.54, 1.807) is 65.8 Å². The quantitative estimate of drug-likeness (QED) is 0.417. The van der Waals surface area contributed by atoms with Gasteiger partial charge < -0.3 is 13.8 Å². The van der Waals surface area contributed by atoms with Crippen LogP contribution in [0, 0.1) is 5.82 Å². The summed E-state index contributed by atoms with van der Waals surface area (Å²) in [5, 5.41) is 4.60. The molecule has 4 aromatic rings. The van der Waals surface area contributed by atoms with Gasteiger partial charge in [0.05, 0.1) is 12.8 Å². The number of benzene rings is 2. The first-order chi connectivity index (χ1) is 14.1. The molecule has 0 aliphatic rings. The van der Waals surface area contributed by atoms with Crippen LogP contribution in [0.5, 0.6) is 0 Å². The number of nitrogens with zero attached hydrogens (tertiary/aromatic N) is 2. The van der Waals surface area contributed by atoms with E-state index in [9.17, 15) is 9.18 Å². The number of rotatable bonds is 6. The summed E-state index contributed by atoms with van der Waals surface area (Å²) < 4.78 is 23.9. The molecule has 0 saturated carbocycles. The van der Waals surface area contributed by atoms with Crippen LogP contribution >= 0.6 is 11.6 Å². The molecule has 0 unspecified atom stereocenters. The van der Waals surface area contributed by atoms with E-state index in [-0.39, 0.29) is 24.8 Å². The molecule has 0 bridgehead atoms. The first kappa shape index (κ1) is 19.0. The second-order valence-electron chi connectivity index (χ2n) is 6.45. The van der Waals surface area contributed by atoms with E-state index >= 15 is 0 Å². The number of carbonyl (C=O) groups is 1. The van der Waals surface area contributed by atoms with Gasteiger partial charge in [0.25, 0.3) is 5.91 Å². The first-order valence-electron chi connectivity index (χ1n) is 8.87. The third kappa shape index (κ3) is 4.55. The molecule has 0 aliphatic carbocycles. The Kier molecular flexibility index (Phi) is 5.44. The SMILES string of the molecule is O=C(c1ccc(Cl)cc1)N(Cc1ccc(F)cc1)Cc1cc(-c2ccco2)on1. The fourth-order valence-electron chi connectivity index (χ4n) is 2.90. The Labute approximate surface area is 171 Å². The van der Waals surface area contributed by atoms with Gasteiger partial charge in [0, 0.05) is 23.2 Å². The van der Waals surface area contributed by atoms with Crippen LogP contribution in [0.4, 0.5) is 4.39 Å². The summed E-state index contributed by atoms with van der Waals surface area (Å²) >= 11 is 5.93. The molecule has 0 fully saturated rings. The number of hydrogen-bond donors (Lipinski definition) is 0. The van der Waals surface area contributed by atoms with E-state index in [1.165, 1.54) is 12.1 Å². The van der Waals surface area contributed by atoms with Crippen molar-refractivity contribution in [3.8, 4) is 11.5 Å². The van der Waals surface area contributed by atoms with Gasteiger partial charge in [0.1, 0.15) is 11.5 Å². The average Bonchev–Trinajstić information content (AvgIpc) is 3.41. The Morgan fingerprint density at radius 2 is 1.76 bits per heavy atom. The van der Waals surface area contributed by atoms with Crippen molar-refractivity contribution in [2.24, 2.45) is 0 Å². The van der Waals surface area contributed by atoms with Crippen molar-refractivity contribution in [3.63, 3.8) is 0 Å². The second-order valence-corrected chi connectivity index (χ2v) is 6.89. The van der Waals surface area contributed by atoms with Crippen LogP contribution in [0.1, 0.15) is 21.6 Å².